The molecule has 6 heteroatoms. The number of phenolic OH excluding ortho intramolecular Hbond substituents is 1. The number of benzene rings is 2. The van der Waals surface area contributed by atoms with Gasteiger partial charge in [-0.25, -0.2) is 9.97 Å². The van der Waals surface area contributed by atoms with E-state index >= 15 is 0 Å². The molecule has 0 aliphatic carbocycles. The molecule has 0 saturated heterocycles. The Morgan fingerprint density at radius 1 is 1.15 bits per heavy atom. The molecule has 3 rings (SSSR count). The molecule has 1 aromatic heterocycles. The molecular weight excluding hydrogens is 340 g/mol. The Balaban J connectivity index is 1.92. The van der Waals surface area contributed by atoms with Crippen molar-refractivity contribution in [3.63, 3.8) is 0 Å². The Kier molecular flexibility index (Phi) is 5.88. The predicted octanol–water partition coefficient (Wildman–Crippen LogP) is 3.67. The fourth-order valence-corrected chi connectivity index (χ4v) is 2.66. The normalized spacial score (nSPS) is 11.8. The van der Waals surface area contributed by atoms with Crippen molar-refractivity contribution in [1.29, 1.82) is 0 Å². The molecule has 1 atom stereocenters. The summed E-state index contributed by atoms with van der Waals surface area (Å²) in [7, 11) is 1.64. The second-order valence-electron chi connectivity index (χ2n) is 6.28. The number of rotatable bonds is 7. The van der Waals surface area contributed by atoms with Crippen molar-refractivity contribution in [3.05, 3.63) is 54.7 Å². The summed E-state index contributed by atoms with van der Waals surface area (Å²) in [5.41, 5.74) is 8.44. The summed E-state index contributed by atoms with van der Waals surface area (Å²) in [5, 5.41) is 13.6. The van der Waals surface area contributed by atoms with Gasteiger partial charge in [0.25, 0.3) is 0 Å². The molecule has 6 nitrogen and oxygen atoms in total. The average molecular weight is 364 g/mol. The monoisotopic (exact) mass is 364 g/mol. The molecule has 3 aromatic rings. The number of aromatic hydroxyl groups is 1. The highest BCUT2D eigenvalue weighted by Crippen LogP contribution is 2.33. The van der Waals surface area contributed by atoms with E-state index in [9.17, 15) is 5.11 Å². The molecule has 0 spiro atoms. The minimum Gasteiger partial charge on any atom is -0.507 e. The van der Waals surface area contributed by atoms with Crippen LogP contribution in [-0.2, 0) is 0 Å². The number of nitrogens with zero attached hydrogens (tertiary/aromatic N) is 2. The van der Waals surface area contributed by atoms with E-state index < -0.39 is 0 Å². The lowest BCUT2D eigenvalue weighted by atomic mass is 10.0. The largest absolute Gasteiger partial charge is 0.507 e. The number of aromatic nitrogens is 2. The van der Waals surface area contributed by atoms with Crippen molar-refractivity contribution in [2.75, 3.05) is 19.0 Å². The molecule has 27 heavy (non-hydrogen) atoms. The maximum Gasteiger partial charge on any atom is 0.165 e. The van der Waals surface area contributed by atoms with Gasteiger partial charge in [0.2, 0.25) is 0 Å². The smallest absolute Gasteiger partial charge is 0.165 e. The first-order valence-corrected chi connectivity index (χ1v) is 8.91. The number of hydrogen-bond donors (Lipinski definition) is 3. The maximum absolute atomic E-state index is 10.3. The minimum atomic E-state index is 0.0632. The van der Waals surface area contributed by atoms with Gasteiger partial charge in [0, 0.05) is 18.8 Å². The zero-order chi connectivity index (χ0) is 19.2. The molecule has 0 amide bonds. The van der Waals surface area contributed by atoms with Crippen LogP contribution in [-0.4, -0.2) is 34.8 Å². The maximum atomic E-state index is 10.3. The number of hydrogen-bond acceptors (Lipinski definition) is 6. The average Bonchev–Trinajstić information content (AvgIpc) is 2.72. The van der Waals surface area contributed by atoms with Crippen molar-refractivity contribution < 1.29 is 9.84 Å². The number of ether oxygens (including phenoxy) is 1. The molecule has 0 saturated carbocycles. The van der Waals surface area contributed by atoms with E-state index in [-0.39, 0.29) is 11.8 Å². The molecule has 0 fully saturated rings. The highest BCUT2D eigenvalue weighted by molar-refractivity contribution is 5.75. The van der Waals surface area contributed by atoms with Crippen molar-refractivity contribution in [2.45, 2.75) is 19.4 Å². The van der Waals surface area contributed by atoms with Gasteiger partial charge in [-0.15, -0.1) is 0 Å². The fourth-order valence-electron chi connectivity index (χ4n) is 2.66. The summed E-state index contributed by atoms with van der Waals surface area (Å²) in [4.78, 5) is 8.84. The minimum absolute atomic E-state index is 0.0632. The Labute approximate surface area is 159 Å². The summed E-state index contributed by atoms with van der Waals surface area (Å²) in [6.45, 7) is 2.67. The lowest BCUT2D eigenvalue weighted by Crippen LogP contribution is -2.28. The number of methoxy groups -OCH3 is 1. The molecule has 1 heterocycles. The molecule has 0 aliphatic heterocycles. The highest BCUT2D eigenvalue weighted by Gasteiger charge is 2.11. The Hall–Kier alpha value is -3.12. The number of nitrogens with one attached hydrogen (secondary N) is 1. The van der Waals surface area contributed by atoms with Crippen LogP contribution in [0.1, 0.15) is 13.3 Å². The third kappa shape index (κ3) is 4.54. The van der Waals surface area contributed by atoms with E-state index in [0.717, 1.165) is 23.3 Å². The lowest BCUT2D eigenvalue weighted by molar-refractivity contribution is 0.415. The molecular formula is C21H24N4O2. The van der Waals surface area contributed by atoms with Gasteiger partial charge >= 0.3 is 0 Å². The van der Waals surface area contributed by atoms with Crippen LogP contribution in [0.5, 0.6) is 11.5 Å². The van der Waals surface area contributed by atoms with Crippen molar-refractivity contribution in [2.24, 2.45) is 5.73 Å². The van der Waals surface area contributed by atoms with Gasteiger partial charge in [-0.2, -0.15) is 0 Å². The highest BCUT2D eigenvalue weighted by atomic mass is 16.5. The zero-order valence-corrected chi connectivity index (χ0v) is 15.5. The number of phenols is 1. The van der Waals surface area contributed by atoms with Crippen LogP contribution in [0.3, 0.4) is 0 Å². The first kappa shape index (κ1) is 18.7. The number of anilines is 1. The Morgan fingerprint density at radius 3 is 2.74 bits per heavy atom. The number of nitrogens with two attached hydrogens (primary N) is 1. The summed E-state index contributed by atoms with van der Waals surface area (Å²) in [6.07, 6.45) is 2.55. The summed E-state index contributed by atoms with van der Waals surface area (Å²) >= 11 is 0. The van der Waals surface area contributed by atoms with Gasteiger partial charge in [0.05, 0.1) is 12.7 Å². The predicted molar refractivity (Wildman–Crippen MR) is 108 cm³/mol. The topological polar surface area (TPSA) is 93.3 Å². The van der Waals surface area contributed by atoms with Crippen LogP contribution in [0.2, 0.25) is 0 Å². The van der Waals surface area contributed by atoms with Gasteiger partial charge in [-0.05, 0) is 47.9 Å². The van der Waals surface area contributed by atoms with Crippen molar-refractivity contribution >= 4 is 5.82 Å². The molecule has 0 radical (unpaired) electrons. The van der Waals surface area contributed by atoms with E-state index in [1.165, 1.54) is 0 Å². The quantitative estimate of drug-likeness (QED) is 0.592. The third-order valence-electron chi connectivity index (χ3n) is 4.37. The fraction of sp³-hybridized carbons (Fsp3) is 0.238. The van der Waals surface area contributed by atoms with E-state index in [0.29, 0.717) is 23.8 Å². The van der Waals surface area contributed by atoms with Crippen LogP contribution in [0, 0.1) is 0 Å². The molecule has 0 aliphatic rings. The van der Waals surface area contributed by atoms with Crippen LogP contribution >= 0.6 is 0 Å². The van der Waals surface area contributed by atoms with E-state index in [1.54, 1.807) is 25.4 Å². The van der Waals surface area contributed by atoms with Crippen LogP contribution in [0.15, 0.2) is 54.7 Å². The first-order chi connectivity index (χ1) is 13.1. The standard InChI is InChI=1S/C21H24N4O2/c1-3-16(22)13-24-20-9-10-23-21(25-20)18-12-15(7-8-19(18)26)14-5-4-6-17(11-14)27-2/h4-12,16,26H,3,13,22H2,1-2H3,(H,23,24,25)/t16-/m1/s1. The van der Waals surface area contributed by atoms with Crippen molar-refractivity contribution in [3.8, 4) is 34.0 Å². The van der Waals surface area contributed by atoms with Gasteiger partial charge < -0.3 is 20.9 Å². The van der Waals surface area contributed by atoms with Crippen LogP contribution < -0.4 is 15.8 Å². The van der Waals surface area contributed by atoms with Crippen molar-refractivity contribution in [1.82, 2.24) is 9.97 Å². The van der Waals surface area contributed by atoms with E-state index in [2.05, 4.69) is 15.3 Å². The van der Waals surface area contributed by atoms with Gasteiger partial charge in [-0.1, -0.05) is 25.1 Å². The molecule has 2 aromatic carbocycles. The molecule has 0 unspecified atom stereocenters. The van der Waals surface area contributed by atoms with E-state index in [4.69, 9.17) is 10.5 Å². The second kappa shape index (κ2) is 8.51. The third-order valence-corrected chi connectivity index (χ3v) is 4.37. The second-order valence-corrected chi connectivity index (χ2v) is 6.28. The van der Waals surface area contributed by atoms with Gasteiger partial charge in [0.1, 0.15) is 17.3 Å². The van der Waals surface area contributed by atoms with Crippen LogP contribution in [0.4, 0.5) is 5.82 Å². The summed E-state index contributed by atoms with van der Waals surface area (Å²) in [5.74, 6) is 2.03. The molecule has 140 valence electrons. The first-order valence-electron chi connectivity index (χ1n) is 8.91. The van der Waals surface area contributed by atoms with Gasteiger partial charge in [-0.3, -0.25) is 0 Å². The Morgan fingerprint density at radius 2 is 1.96 bits per heavy atom. The molecule has 0 bridgehead atoms. The Bertz CT molecular complexity index is 914. The summed E-state index contributed by atoms with van der Waals surface area (Å²) < 4.78 is 5.29. The summed E-state index contributed by atoms with van der Waals surface area (Å²) in [6, 6.07) is 15.0. The molecule has 4 N–H and O–H groups in total. The van der Waals surface area contributed by atoms with E-state index in [1.807, 2.05) is 43.3 Å². The van der Waals surface area contributed by atoms with Gasteiger partial charge in [0.15, 0.2) is 5.82 Å². The van der Waals surface area contributed by atoms with Crippen LogP contribution in [0.25, 0.3) is 22.5 Å². The lowest BCUT2D eigenvalue weighted by Gasteiger charge is -2.12. The zero-order valence-electron chi connectivity index (χ0n) is 15.5. The SMILES string of the molecule is CC[C@@H](N)CNc1ccnc(-c2cc(-c3cccc(OC)c3)ccc2O)n1.